The monoisotopic (exact) mass is 253 g/mol. The van der Waals surface area contributed by atoms with E-state index in [9.17, 15) is 4.39 Å². The number of methoxy groups -OCH3 is 1. The van der Waals surface area contributed by atoms with Crippen LogP contribution in [0.2, 0.25) is 0 Å². The highest BCUT2D eigenvalue weighted by Gasteiger charge is 2.43. The van der Waals surface area contributed by atoms with Crippen LogP contribution in [0.25, 0.3) is 0 Å². The Labute approximate surface area is 107 Å². The van der Waals surface area contributed by atoms with Gasteiger partial charge in [0.1, 0.15) is 11.6 Å². The molecule has 1 aromatic rings. The van der Waals surface area contributed by atoms with Crippen LogP contribution in [0, 0.1) is 11.7 Å². The van der Waals surface area contributed by atoms with Crippen LogP contribution in [-0.2, 0) is 10.2 Å². The SMILES string of the molecule is COc1ccc(F)cc1C1(CC(C)CN)COC1. The minimum Gasteiger partial charge on any atom is -0.496 e. The van der Waals surface area contributed by atoms with E-state index in [1.165, 1.54) is 6.07 Å². The van der Waals surface area contributed by atoms with Crippen LogP contribution in [0.15, 0.2) is 18.2 Å². The van der Waals surface area contributed by atoms with Gasteiger partial charge in [0.25, 0.3) is 0 Å². The number of ether oxygens (including phenoxy) is 2. The Hall–Kier alpha value is -1.13. The highest BCUT2D eigenvalue weighted by molar-refractivity contribution is 5.41. The van der Waals surface area contributed by atoms with Gasteiger partial charge < -0.3 is 15.2 Å². The first-order chi connectivity index (χ1) is 8.61. The minimum absolute atomic E-state index is 0.147. The van der Waals surface area contributed by atoms with E-state index in [0.29, 0.717) is 25.7 Å². The van der Waals surface area contributed by atoms with Crippen LogP contribution in [0.5, 0.6) is 5.75 Å². The zero-order valence-electron chi connectivity index (χ0n) is 10.9. The summed E-state index contributed by atoms with van der Waals surface area (Å²) in [6.07, 6.45) is 0.892. The summed E-state index contributed by atoms with van der Waals surface area (Å²) in [5.74, 6) is 0.864. The van der Waals surface area contributed by atoms with E-state index in [2.05, 4.69) is 6.92 Å². The normalized spacial score (nSPS) is 19.1. The van der Waals surface area contributed by atoms with Gasteiger partial charge in [0, 0.05) is 11.0 Å². The molecule has 0 saturated carbocycles. The molecule has 1 unspecified atom stereocenters. The maximum Gasteiger partial charge on any atom is 0.123 e. The van der Waals surface area contributed by atoms with Gasteiger partial charge in [-0.1, -0.05) is 6.92 Å². The van der Waals surface area contributed by atoms with Crippen molar-refractivity contribution in [2.24, 2.45) is 11.7 Å². The van der Waals surface area contributed by atoms with Crippen molar-refractivity contribution in [3.63, 3.8) is 0 Å². The van der Waals surface area contributed by atoms with Crippen molar-refractivity contribution in [1.29, 1.82) is 0 Å². The fraction of sp³-hybridized carbons (Fsp3) is 0.571. The molecule has 100 valence electrons. The molecule has 0 aromatic heterocycles. The van der Waals surface area contributed by atoms with Crippen molar-refractivity contribution in [1.82, 2.24) is 0 Å². The molecule has 1 heterocycles. The predicted molar refractivity (Wildman–Crippen MR) is 68.3 cm³/mol. The fourth-order valence-corrected chi connectivity index (χ4v) is 2.58. The maximum atomic E-state index is 13.5. The van der Waals surface area contributed by atoms with Crippen molar-refractivity contribution in [2.75, 3.05) is 26.9 Å². The predicted octanol–water partition coefficient (Wildman–Crippen LogP) is 2.09. The lowest BCUT2D eigenvalue weighted by Crippen LogP contribution is -2.48. The molecular weight excluding hydrogens is 233 g/mol. The Morgan fingerprint density at radius 2 is 2.22 bits per heavy atom. The van der Waals surface area contributed by atoms with E-state index in [-0.39, 0.29) is 11.2 Å². The van der Waals surface area contributed by atoms with Crippen molar-refractivity contribution < 1.29 is 13.9 Å². The summed E-state index contributed by atoms with van der Waals surface area (Å²) in [4.78, 5) is 0. The zero-order chi connectivity index (χ0) is 13.2. The maximum absolute atomic E-state index is 13.5. The number of rotatable bonds is 5. The summed E-state index contributed by atoms with van der Waals surface area (Å²) in [5, 5.41) is 0. The van der Waals surface area contributed by atoms with Gasteiger partial charge in [-0.25, -0.2) is 4.39 Å². The summed E-state index contributed by atoms with van der Waals surface area (Å²) < 4.78 is 24.2. The third-order valence-corrected chi connectivity index (χ3v) is 3.63. The Balaban J connectivity index is 2.34. The van der Waals surface area contributed by atoms with Crippen molar-refractivity contribution in [2.45, 2.75) is 18.8 Å². The largest absolute Gasteiger partial charge is 0.496 e. The summed E-state index contributed by atoms with van der Waals surface area (Å²) >= 11 is 0. The summed E-state index contributed by atoms with van der Waals surface area (Å²) in [6.45, 7) is 3.94. The lowest BCUT2D eigenvalue weighted by atomic mass is 9.72. The molecule has 2 N–H and O–H groups in total. The molecule has 2 rings (SSSR count). The summed E-state index contributed by atoms with van der Waals surface area (Å²) in [5.41, 5.74) is 6.44. The third kappa shape index (κ3) is 2.35. The minimum atomic E-state index is -0.238. The topological polar surface area (TPSA) is 44.5 Å². The molecule has 1 aliphatic rings. The van der Waals surface area contributed by atoms with Gasteiger partial charge >= 0.3 is 0 Å². The lowest BCUT2D eigenvalue weighted by molar-refractivity contribution is -0.0711. The molecule has 18 heavy (non-hydrogen) atoms. The van der Waals surface area contributed by atoms with Crippen LogP contribution in [0.4, 0.5) is 4.39 Å². The second-order valence-electron chi connectivity index (χ2n) is 5.16. The standard InChI is InChI=1S/C14H20FNO2/c1-10(7-16)6-14(8-18-9-14)12-5-11(15)3-4-13(12)17-2/h3-5,10H,6-9,16H2,1-2H3. The Bertz CT molecular complexity index is 418. The van der Waals surface area contributed by atoms with E-state index in [4.69, 9.17) is 15.2 Å². The van der Waals surface area contributed by atoms with Crippen LogP contribution >= 0.6 is 0 Å². The molecule has 0 aliphatic carbocycles. The van der Waals surface area contributed by atoms with Crippen LogP contribution in [-0.4, -0.2) is 26.9 Å². The molecule has 1 aliphatic heterocycles. The molecule has 1 aromatic carbocycles. The average Bonchev–Trinajstić information content (AvgIpc) is 2.33. The molecule has 0 radical (unpaired) electrons. The molecular formula is C14H20FNO2. The molecule has 1 saturated heterocycles. The third-order valence-electron chi connectivity index (χ3n) is 3.63. The molecule has 0 spiro atoms. The Morgan fingerprint density at radius 3 is 2.72 bits per heavy atom. The molecule has 4 heteroatoms. The van der Waals surface area contributed by atoms with Gasteiger partial charge in [-0.2, -0.15) is 0 Å². The quantitative estimate of drug-likeness (QED) is 0.874. The number of nitrogens with two attached hydrogens (primary N) is 1. The van der Waals surface area contributed by atoms with Gasteiger partial charge in [-0.05, 0) is 37.1 Å². The first-order valence-corrected chi connectivity index (χ1v) is 6.23. The molecule has 3 nitrogen and oxygen atoms in total. The smallest absolute Gasteiger partial charge is 0.123 e. The van der Waals surface area contributed by atoms with E-state index in [0.717, 1.165) is 17.7 Å². The highest BCUT2D eigenvalue weighted by atomic mass is 19.1. The summed E-state index contributed by atoms with van der Waals surface area (Å²) in [7, 11) is 1.61. The van der Waals surface area contributed by atoms with Crippen LogP contribution in [0.3, 0.4) is 0 Å². The van der Waals surface area contributed by atoms with Crippen molar-refractivity contribution >= 4 is 0 Å². The summed E-state index contributed by atoms with van der Waals surface area (Å²) in [6, 6.07) is 4.66. The first kappa shape index (κ1) is 13.3. The van der Waals surface area contributed by atoms with Crippen LogP contribution < -0.4 is 10.5 Å². The molecule has 0 amide bonds. The second kappa shape index (κ2) is 5.24. The van der Waals surface area contributed by atoms with Crippen molar-refractivity contribution in [3.8, 4) is 5.75 Å². The van der Waals surface area contributed by atoms with E-state index in [1.54, 1.807) is 19.2 Å². The van der Waals surface area contributed by atoms with E-state index >= 15 is 0 Å². The highest BCUT2D eigenvalue weighted by Crippen LogP contribution is 2.42. The average molecular weight is 253 g/mol. The Morgan fingerprint density at radius 1 is 1.50 bits per heavy atom. The Kier molecular flexibility index (Phi) is 3.88. The number of hydrogen-bond donors (Lipinski definition) is 1. The lowest BCUT2D eigenvalue weighted by Gasteiger charge is -2.44. The van der Waals surface area contributed by atoms with Gasteiger partial charge in [0.15, 0.2) is 0 Å². The van der Waals surface area contributed by atoms with Crippen molar-refractivity contribution in [3.05, 3.63) is 29.6 Å². The van der Waals surface area contributed by atoms with Gasteiger partial charge in [0.05, 0.1) is 20.3 Å². The second-order valence-corrected chi connectivity index (χ2v) is 5.16. The zero-order valence-corrected chi connectivity index (χ0v) is 10.9. The number of halogens is 1. The van der Waals surface area contributed by atoms with Gasteiger partial charge in [0.2, 0.25) is 0 Å². The fourth-order valence-electron chi connectivity index (χ4n) is 2.58. The number of hydrogen-bond acceptors (Lipinski definition) is 3. The van der Waals surface area contributed by atoms with E-state index < -0.39 is 0 Å². The molecule has 0 bridgehead atoms. The molecule has 1 fully saturated rings. The first-order valence-electron chi connectivity index (χ1n) is 6.23. The number of benzene rings is 1. The van der Waals surface area contributed by atoms with Crippen LogP contribution in [0.1, 0.15) is 18.9 Å². The van der Waals surface area contributed by atoms with Gasteiger partial charge in [-0.3, -0.25) is 0 Å². The van der Waals surface area contributed by atoms with Gasteiger partial charge in [-0.15, -0.1) is 0 Å². The van der Waals surface area contributed by atoms with E-state index in [1.807, 2.05) is 0 Å². The molecule has 1 atom stereocenters.